The molecule has 2 heterocycles. The van der Waals surface area contributed by atoms with Crippen LogP contribution >= 0.6 is 36.4 Å². The van der Waals surface area contributed by atoms with E-state index >= 15 is 0 Å². The fraction of sp³-hybridized carbons (Fsp3) is 0.143. The quantitative estimate of drug-likeness (QED) is 0.721. The molecule has 0 saturated heterocycles. The first kappa shape index (κ1) is 17.6. The average Bonchev–Trinajstić information content (AvgIpc) is 3.01. The van der Waals surface area contributed by atoms with Gasteiger partial charge in [-0.15, -0.1) is 24.8 Å². The van der Waals surface area contributed by atoms with Crippen LogP contribution in [0.5, 0.6) is 0 Å². The van der Waals surface area contributed by atoms with Crippen molar-refractivity contribution < 1.29 is 0 Å². The highest BCUT2D eigenvalue weighted by Gasteiger charge is 2.03. The third kappa shape index (κ3) is 4.00. The Morgan fingerprint density at radius 1 is 1.10 bits per heavy atom. The molecule has 7 heteroatoms. The van der Waals surface area contributed by atoms with Crippen LogP contribution in [0.15, 0.2) is 49.2 Å². The minimum atomic E-state index is 0. The van der Waals surface area contributed by atoms with Gasteiger partial charge in [0.25, 0.3) is 0 Å². The molecular formula is C14H15Cl3N4. The van der Waals surface area contributed by atoms with Gasteiger partial charge in [-0.25, -0.2) is 9.97 Å². The van der Waals surface area contributed by atoms with Gasteiger partial charge < -0.3 is 9.13 Å². The van der Waals surface area contributed by atoms with Crippen LogP contribution in [0.3, 0.4) is 0 Å². The molecule has 0 aliphatic carbocycles. The molecule has 0 amide bonds. The van der Waals surface area contributed by atoms with Crippen LogP contribution in [0.4, 0.5) is 0 Å². The number of aryl methyl sites for hydroxylation is 1. The van der Waals surface area contributed by atoms with Crippen LogP contribution in [0.2, 0.25) is 5.02 Å². The summed E-state index contributed by atoms with van der Waals surface area (Å²) in [6.07, 6.45) is 7.58. The van der Waals surface area contributed by atoms with Gasteiger partial charge in [0.2, 0.25) is 0 Å². The first-order chi connectivity index (χ1) is 9.22. The molecule has 0 radical (unpaired) electrons. The molecule has 0 atom stereocenters. The third-order valence-electron chi connectivity index (χ3n) is 3.02. The van der Waals surface area contributed by atoms with E-state index in [0.29, 0.717) is 0 Å². The Labute approximate surface area is 140 Å². The maximum atomic E-state index is 5.88. The SMILES string of the molecule is Cc1nccn1Cc1cn(-c2ccc(Cl)cc2)cn1.Cl.Cl. The molecule has 2 aromatic heterocycles. The van der Waals surface area contributed by atoms with E-state index in [1.807, 2.05) is 54.5 Å². The molecule has 21 heavy (non-hydrogen) atoms. The second kappa shape index (κ2) is 7.50. The maximum Gasteiger partial charge on any atom is 0.105 e. The number of imidazole rings is 2. The standard InChI is InChI=1S/C14H13ClN4.2ClH/c1-11-16-6-7-18(11)8-13-9-19(10-17-13)14-4-2-12(15)3-5-14;;/h2-7,9-10H,8H2,1H3;2*1H. The van der Waals surface area contributed by atoms with Gasteiger partial charge in [-0.2, -0.15) is 0 Å². The van der Waals surface area contributed by atoms with E-state index in [1.165, 1.54) is 0 Å². The van der Waals surface area contributed by atoms with Crippen molar-refractivity contribution in [1.29, 1.82) is 0 Å². The fourth-order valence-corrected chi connectivity index (χ4v) is 2.07. The Morgan fingerprint density at radius 2 is 1.81 bits per heavy atom. The van der Waals surface area contributed by atoms with Gasteiger partial charge in [0.1, 0.15) is 5.82 Å². The van der Waals surface area contributed by atoms with Gasteiger partial charge in [0.15, 0.2) is 0 Å². The van der Waals surface area contributed by atoms with E-state index in [2.05, 4.69) is 14.5 Å². The molecule has 3 aromatic rings. The molecule has 1 aromatic carbocycles. The van der Waals surface area contributed by atoms with E-state index in [4.69, 9.17) is 11.6 Å². The largest absolute Gasteiger partial charge is 0.329 e. The monoisotopic (exact) mass is 344 g/mol. The number of halogens is 3. The fourth-order valence-electron chi connectivity index (χ4n) is 1.94. The molecular weight excluding hydrogens is 331 g/mol. The Balaban J connectivity index is 0.00000110. The summed E-state index contributed by atoms with van der Waals surface area (Å²) in [5.74, 6) is 0.987. The van der Waals surface area contributed by atoms with Crippen molar-refractivity contribution in [3.8, 4) is 5.69 Å². The summed E-state index contributed by atoms with van der Waals surface area (Å²) >= 11 is 5.88. The minimum absolute atomic E-state index is 0. The van der Waals surface area contributed by atoms with Gasteiger partial charge in [-0.3, -0.25) is 0 Å². The van der Waals surface area contributed by atoms with Crippen LogP contribution < -0.4 is 0 Å². The van der Waals surface area contributed by atoms with Crippen LogP contribution in [-0.2, 0) is 6.54 Å². The van der Waals surface area contributed by atoms with E-state index < -0.39 is 0 Å². The molecule has 0 aliphatic heterocycles. The first-order valence-corrected chi connectivity index (χ1v) is 6.37. The van der Waals surface area contributed by atoms with Crippen molar-refractivity contribution in [2.75, 3.05) is 0 Å². The predicted octanol–water partition coefficient (Wildman–Crippen LogP) is 3.92. The highest BCUT2D eigenvalue weighted by Crippen LogP contribution is 2.14. The lowest BCUT2D eigenvalue weighted by Crippen LogP contribution is -2.00. The van der Waals surface area contributed by atoms with Gasteiger partial charge >= 0.3 is 0 Å². The molecule has 4 nitrogen and oxygen atoms in total. The second-order valence-corrected chi connectivity index (χ2v) is 4.79. The van der Waals surface area contributed by atoms with Crippen molar-refractivity contribution in [3.63, 3.8) is 0 Å². The van der Waals surface area contributed by atoms with Crippen molar-refractivity contribution in [3.05, 3.63) is 65.7 Å². The van der Waals surface area contributed by atoms with Crippen molar-refractivity contribution in [1.82, 2.24) is 19.1 Å². The highest BCUT2D eigenvalue weighted by atomic mass is 35.5. The smallest absolute Gasteiger partial charge is 0.105 e. The van der Waals surface area contributed by atoms with Gasteiger partial charge in [-0.1, -0.05) is 11.6 Å². The molecule has 112 valence electrons. The normalized spacial score (nSPS) is 9.81. The van der Waals surface area contributed by atoms with E-state index in [1.54, 1.807) is 6.20 Å². The van der Waals surface area contributed by atoms with Crippen molar-refractivity contribution in [2.24, 2.45) is 0 Å². The van der Waals surface area contributed by atoms with Crippen LogP contribution in [0, 0.1) is 6.92 Å². The Kier molecular flexibility index (Phi) is 6.27. The average molecular weight is 346 g/mol. The highest BCUT2D eigenvalue weighted by molar-refractivity contribution is 6.30. The van der Waals surface area contributed by atoms with E-state index in [9.17, 15) is 0 Å². The molecule has 0 aliphatic rings. The summed E-state index contributed by atoms with van der Waals surface area (Å²) < 4.78 is 4.05. The molecule has 0 saturated carbocycles. The summed E-state index contributed by atoms with van der Waals surface area (Å²) in [4.78, 5) is 8.61. The topological polar surface area (TPSA) is 35.6 Å². The molecule has 0 spiro atoms. The summed E-state index contributed by atoms with van der Waals surface area (Å²) in [5, 5.41) is 0.734. The van der Waals surface area contributed by atoms with Crippen LogP contribution in [-0.4, -0.2) is 19.1 Å². The molecule has 0 N–H and O–H groups in total. The van der Waals surface area contributed by atoms with Crippen LogP contribution in [0.25, 0.3) is 5.69 Å². The van der Waals surface area contributed by atoms with Gasteiger partial charge in [-0.05, 0) is 31.2 Å². The van der Waals surface area contributed by atoms with Crippen LogP contribution in [0.1, 0.15) is 11.5 Å². The van der Waals surface area contributed by atoms with Crippen molar-refractivity contribution >= 4 is 36.4 Å². The Bertz CT molecular complexity index is 688. The zero-order chi connectivity index (χ0) is 13.2. The third-order valence-corrected chi connectivity index (χ3v) is 3.27. The lowest BCUT2D eigenvalue weighted by molar-refractivity contribution is 0.746. The summed E-state index contributed by atoms with van der Waals surface area (Å²) in [6.45, 7) is 2.71. The molecule has 3 rings (SSSR count). The number of rotatable bonds is 3. The number of hydrogen-bond donors (Lipinski definition) is 0. The Morgan fingerprint density at radius 3 is 2.43 bits per heavy atom. The van der Waals surface area contributed by atoms with Crippen molar-refractivity contribution in [2.45, 2.75) is 13.5 Å². The summed E-state index contributed by atoms with van der Waals surface area (Å²) in [7, 11) is 0. The first-order valence-electron chi connectivity index (χ1n) is 5.99. The lowest BCUT2D eigenvalue weighted by Gasteiger charge is -2.02. The number of benzene rings is 1. The van der Waals surface area contributed by atoms with Gasteiger partial charge in [0.05, 0.1) is 18.6 Å². The summed E-state index contributed by atoms with van der Waals surface area (Å²) in [5.41, 5.74) is 2.04. The number of hydrogen-bond acceptors (Lipinski definition) is 2. The van der Waals surface area contributed by atoms with E-state index in [-0.39, 0.29) is 24.8 Å². The second-order valence-electron chi connectivity index (χ2n) is 4.35. The summed E-state index contributed by atoms with van der Waals surface area (Å²) in [6, 6.07) is 7.68. The zero-order valence-corrected chi connectivity index (χ0v) is 13.7. The number of nitrogens with zero attached hydrogens (tertiary/aromatic N) is 4. The molecule has 0 fully saturated rings. The minimum Gasteiger partial charge on any atom is -0.329 e. The number of aromatic nitrogens is 4. The molecule has 0 bridgehead atoms. The maximum absolute atomic E-state index is 5.88. The van der Waals surface area contributed by atoms with E-state index in [0.717, 1.165) is 28.8 Å². The lowest BCUT2D eigenvalue weighted by atomic mass is 10.3. The zero-order valence-electron chi connectivity index (χ0n) is 11.3. The molecule has 0 unspecified atom stereocenters. The Hall–Kier alpha value is -1.49. The predicted molar refractivity (Wildman–Crippen MR) is 89.1 cm³/mol. The van der Waals surface area contributed by atoms with Gasteiger partial charge in [0, 0.05) is 29.3 Å².